The average molecular weight is 488 g/mol. The van der Waals surface area contributed by atoms with Gasteiger partial charge in [-0.3, -0.25) is 14.6 Å². The fraction of sp³-hybridized carbons (Fsp3) is 0.391. The predicted molar refractivity (Wildman–Crippen MR) is 127 cm³/mol. The van der Waals surface area contributed by atoms with Gasteiger partial charge in [-0.15, -0.1) is 0 Å². The maximum atomic E-state index is 13.5. The molecule has 7 heteroatoms. The second-order valence-corrected chi connectivity index (χ2v) is 9.51. The summed E-state index contributed by atoms with van der Waals surface area (Å²) in [6.07, 6.45) is 0.893. The third-order valence-corrected chi connectivity index (χ3v) is 7.27. The number of amides is 1. The molecule has 0 unspecified atom stereocenters. The first-order valence-electron chi connectivity index (χ1n) is 10.3. The van der Waals surface area contributed by atoms with E-state index in [4.69, 9.17) is 9.72 Å². The van der Waals surface area contributed by atoms with E-state index in [-0.39, 0.29) is 5.91 Å². The Morgan fingerprint density at radius 2 is 1.93 bits per heavy atom. The third kappa shape index (κ3) is 4.75. The molecule has 1 fully saturated rings. The van der Waals surface area contributed by atoms with Crippen LogP contribution in [-0.4, -0.2) is 55.2 Å². The van der Waals surface area contributed by atoms with Crippen molar-refractivity contribution in [2.45, 2.75) is 20.3 Å². The molecule has 1 saturated heterocycles. The van der Waals surface area contributed by atoms with Crippen molar-refractivity contribution in [2.24, 2.45) is 0 Å². The number of morpholine rings is 1. The lowest BCUT2D eigenvalue weighted by atomic mass is 10.1. The van der Waals surface area contributed by atoms with Crippen LogP contribution in [0.15, 0.2) is 40.9 Å². The zero-order chi connectivity index (χ0) is 21.1. The molecule has 1 aliphatic rings. The highest BCUT2D eigenvalue weighted by Crippen LogP contribution is 2.32. The number of rotatable bonds is 6. The number of hydrogen-bond donors (Lipinski definition) is 0. The maximum absolute atomic E-state index is 13.5. The van der Waals surface area contributed by atoms with E-state index in [1.165, 1.54) is 11.1 Å². The normalized spacial score (nSPS) is 14.9. The summed E-state index contributed by atoms with van der Waals surface area (Å²) in [5, 5.41) is 0.762. The molecule has 4 rings (SSSR count). The van der Waals surface area contributed by atoms with Crippen molar-refractivity contribution in [3.8, 4) is 0 Å². The van der Waals surface area contributed by atoms with E-state index in [2.05, 4.69) is 46.8 Å². The molecule has 2 heterocycles. The average Bonchev–Trinajstić information content (AvgIpc) is 3.14. The molecule has 0 radical (unpaired) electrons. The molecule has 5 nitrogen and oxygen atoms in total. The summed E-state index contributed by atoms with van der Waals surface area (Å²) in [4.78, 5) is 22.6. The van der Waals surface area contributed by atoms with Crippen LogP contribution in [0.4, 0.5) is 5.13 Å². The summed E-state index contributed by atoms with van der Waals surface area (Å²) in [5.74, 6) is -0.0167. The summed E-state index contributed by atoms with van der Waals surface area (Å²) in [5.41, 5.74) is 4.08. The second kappa shape index (κ2) is 9.56. The number of nitrogens with zero attached hydrogens (tertiary/aromatic N) is 3. The summed E-state index contributed by atoms with van der Waals surface area (Å²) in [6.45, 7) is 9.28. The van der Waals surface area contributed by atoms with Crippen molar-refractivity contribution in [2.75, 3.05) is 44.3 Å². The number of anilines is 1. The van der Waals surface area contributed by atoms with Gasteiger partial charge in [0.05, 0.1) is 29.0 Å². The van der Waals surface area contributed by atoms with Crippen molar-refractivity contribution in [1.82, 2.24) is 9.88 Å². The molecule has 0 saturated carbocycles. The van der Waals surface area contributed by atoms with Gasteiger partial charge < -0.3 is 4.74 Å². The zero-order valence-corrected chi connectivity index (χ0v) is 19.8. The fourth-order valence-corrected chi connectivity index (χ4v) is 5.15. The first-order valence-corrected chi connectivity index (χ1v) is 11.9. The van der Waals surface area contributed by atoms with E-state index < -0.39 is 0 Å². The molecule has 0 aliphatic carbocycles. The van der Waals surface area contributed by atoms with Crippen LogP contribution in [0.2, 0.25) is 0 Å². The van der Waals surface area contributed by atoms with Gasteiger partial charge in [0, 0.05) is 30.7 Å². The van der Waals surface area contributed by atoms with Crippen molar-refractivity contribution >= 4 is 48.5 Å². The highest BCUT2D eigenvalue weighted by Gasteiger charge is 2.23. The quantitative estimate of drug-likeness (QED) is 0.488. The molecule has 158 valence electrons. The van der Waals surface area contributed by atoms with E-state index in [1.807, 2.05) is 29.2 Å². The van der Waals surface area contributed by atoms with Crippen LogP contribution in [0.1, 0.15) is 27.9 Å². The SMILES string of the molecule is Cc1cc2nc(N(CCCN3CCOCC3)C(=O)c3ccccc3Br)sc2cc1C. The molecule has 1 aromatic heterocycles. The minimum absolute atomic E-state index is 0.0167. The first-order chi connectivity index (χ1) is 14.5. The Bertz CT molecular complexity index is 1010. The smallest absolute Gasteiger partial charge is 0.261 e. The fourth-order valence-electron chi connectivity index (χ4n) is 3.62. The number of ether oxygens (including phenoxy) is 1. The number of halogens is 1. The summed E-state index contributed by atoms with van der Waals surface area (Å²) < 4.78 is 7.36. The lowest BCUT2D eigenvalue weighted by Gasteiger charge is -2.27. The molecular weight excluding hydrogens is 462 g/mol. The number of benzene rings is 2. The van der Waals surface area contributed by atoms with Crippen LogP contribution in [-0.2, 0) is 4.74 Å². The van der Waals surface area contributed by atoms with E-state index in [9.17, 15) is 4.79 Å². The molecule has 3 aromatic rings. The second-order valence-electron chi connectivity index (χ2n) is 7.64. The van der Waals surface area contributed by atoms with E-state index in [0.717, 1.165) is 59.1 Å². The molecule has 0 atom stereocenters. The molecule has 1 amide bonds. The van der Waals surface area contributed by atoms with Crippen LogP contribution in [0.3, 0.4) is 0 Å². The van der Waals surface area contributed by atoms with Gasteiger partial charge in [-0.1, -0.05) is 23.5 Å². The number of fused-ring (bicyclic) bond motifs is 1. The van der Waals surface area contributed by atoms with Crippen molar-refractivity contribution in [3.63, 3.8) is 0 Å². The van der Waals surface area contributed by atoms with Crippen molar-refractivity contribution in [1.29, 1.82) is 0 Å². The van der Waals surface area contributed by atoms with Gasteiger partial charge in [0.25, 0.3) is 5.91 Å². The highest BCUT2D eigenvalue weighted by atomic mass is 79.9. The molecule has 1 aliphatic heterocycles. The van der Waals surface area contributed by atoms with Gasteiger partial charge in [-0.2, -0.15) is 0 Å². The highest BCUT2D eigenvalue weighted by molar-refractivity contribution is 9.10. The van der Waals surface area contributed by atoms with Crippen LogP contribution in [0.5, 0.6) is 0 Å². The Balaban J connectivity index is 1.61. The summed E-state index contributed by atoms with van der Waals surface area (Å²) in [7, 11) is 0. The lowest BCUT2D eigenvalue weighted by Crippen LogP contribution is -2.39. The Kier molecular flexibility index (Phi) is 6.83. The first kappa shape index (κ1) is 21.4. The van der Waals surface area contributed by atoms with E-state index in [0.29, 0.717) is 12.1 Å². The summed E-state index contributed by atoms with van der Waals surface area (Å²) in [6, 6.07) is 11.9. The molecule has 0 spiro atoms. The summed E-state index contributed by atoms with van der Waals surface area (Å²) >= 11 is 5.12. The lowest BCUT2D eigenvalue weighted by molar-refractivity contribution is 0.0376. The van der Waals surface area contributed by atoms with Crippen LogP contribution in [0.25, 0.3) is 10.2 Å². The number of aryl methyl sites for hydroxylation is 2. The van der Waals surface area contributed by atoms with Crippen LogP contribution in [0, 0.1) is 13.8 Å². The van der Waals surface area contributed by atoms with E-state index in [1.54, 1.807) is 11.3 Å². The monoisotopic (exact) mass is 487 g/mol. The third-order valence-electron chi connectivity index (χ3n) is 5.53. The van der Waals surface area contributed by atoms with Gasteiger partial charge in [0.2, 0.25) is 0 Å². The van der Waals surface area contributed by atoms with Crippen molar-refractivity contribution in [3.05, 3.63) is 57.6 Å². The van der Waals surface area contributed by atoms with Gasteiger partial charge in [-0.25, -0.2) is 4.98 Å². The number of carbonyl (C=O) groups excluding carboxylic acids is 1. The molecule has 30 heavy (non-hydrogen) atoms. The Morgan fingerprint density at radius 1 is 1.20 bits per heavy atom. The van der Waals surface area contributed by atoms with Gasteiger partial charge in [0.1, 0.15) is 0 Å². The topological polar surface area (TPSA) is 45.7 Å². The standard InChI is InChI=1S/C23H26BrN3O2S/c1-16-14-20-21(15-17(16)2)30-23(25-20)27(9-5-8-26-10-12-29-13-11-26)22(28)18-6-3-4-7-19(18)24/h3-4,6-7,14-15H,5,8-13H2,1-2H3. The van der Waals surface area contributed by atoms with Gasteiger partial charge in [0.15, 0.2) is 5.13 Å². The number of hydrogen-bond acceptors (Lipinski definition) is 5. The minimum Gasteiger partial charge on any atom is -0.379 e. The Hall–Kier alpha value is -1.80. The zero-order valence-electron chi connectivity index (χ0n) is 17.4. The largest absolute Gasteiger partial charge is 0.379 e. The number of thiazole rings is 1. The van der Waals surface area contributed by atoms with Gasteiger partial charge >= 0.3 is 0 Å². The Morgan fingerprint density at radius 3 is 2.70 bits per heavy atom. The van der Waals surface area contributed by atoms with Gasteiger partial charge in [-0.05, 0) is 71.6 Å². The molecular formula is C23H26BrN3O2S. The molecule has 0 bridgehead atoms. The van der Waals surface area contributed by atoms with E-state index >= 15 is 0 Å². The van der Waals surface area contributed by atoms with Crippen molar-refractivity contribution < 1.29 is 9.53 Å². The molecule has 2 aromatic carbocycles. The predicted octanol–water partition coefficient (Wildman–Crippen LogP) is 5.04. The van der Waals surface area contributed by atoms with Crippen LogP contribution >= 0.6 is 27.3 Å². The Labute approximate surface area is 189 Å². The maximum Gasteiger partial charge on any atom is 0.261 e. The van der Waals surface area contributed by atoms with Crippen LogP contribution < -0.4 is 4.90 Å². The minimum atomic E-state index is -0.0167. The number of carbonyl (C=O) groups is 1. The molecule has 0 N–H and O–H groups in total. The number of aromatic nitrogens is 1.